The lowest BCUT2D eigenvalue weighted by Crippen LogP contribution is -1.99. The molecular weight excluding hydrogens is 196 g/mol. The zero-order valence-electron chi connectivity index (χ0n) is 6.33. The number of carboxylic acid groups (broad SMARTS) is 1. The fourth-order valence-electron chi connectivity index (χ4n) is 0.745. The van der Waals surface area contributed by atoms with Gasteiger partial charge in [-0.05, 0) is 6.26 Å². The molecule has 5 N–H and O–H groups in total. The van der Waals surface area contributed by atoms with Crippen molar-refractivity contribution in [1.82, 2.24) is 0 Å². The molecule has 12 heavy (non-hydrogen) atoms. The number of hydrogen-bond donors (Lipinski definition) is 3. The summed E-state index contributed by atoms with van der Waals surface area (Å²) >= 11 is 2.51. The molecule has 6 heteroatoms. The molecule has 0 aliphatic rings. The third kappa shape index (κ3) is 1.35. The summed E-state index contributed by atoms with van der Waals surface area (Å²) < 4.78 is 0.755. The molecule has 0 aliphatic carbocycles. The number of carboxylic acids is 1. The fourth-order valence-corrected chi connectivity index (χ4v) is 2.37. The van der Waals surface area contributed by atoms with Crippen LogP contribution in [0.1, 0.15) is 9.67 Å². The smallest absolute Gasteiger partial charge is 0.348 e. The third-order valence-electron chi connectivity index (χ3n) is 1.33. The molecule has 1 aromatic rings. The minimum atomic E-state index is -1.02. The molecule has 0 saturated carbocycles. The highest BCUT2D eigenvalue weighted by molar-refractivity contribution is 8.00. The number of thioether (sulfide) groups is 1. The first kappa shape index (κ1) is 9.21. The van der Waals surface area contributed by atoms with Crippen molar-refractivity contribution in [2.45, 2.75) is 4.21 Å². The molecule has 0 spiro atoms. The van der Waals surface area contributed by atoms with Gasteiger partial charge in [-0.2, -0.15) is 0 Å². The van der Waals surface area contributed by atoms with Crippen LogP contribution in [0.25, 0.3) is 0 Å². The highest BCUT2D eigenvalue weighted by Gasteiger charge is 2.17. The van der Waals surface area contributed by atoms with E-state index in [0.29, 0.717) is 5.69 Å². The van der Waals surface area contributed by atoms with Crippen LogP contribution in [0.5, 0.6) is 0 Å². The summed E-state index contributed by atoms with van der Waals surface area (Å²) in [6.45, 7) is 0. The first-order chi connectivity index (χ1) is 5.57. The normalized spacial score (nSPS) is 10.1. The van der Waals surface area contributed by atoms with Crippen LogP contribution in [0.2, 0.25) is 0 Å². The monoisotopic (exact) mass is 204 g/mol. The van der Waals surface area contributed by atoms with Gasteiger partial charge in [0.05, 0.1) is 15.6 Å². The maximum Gasteiger partial charge on any atom is 0.348 e. The second-order valence-corrected chi connectivity index (χ2v) is 4.15. The summed E-state index contributed by atoms with van der Waals surface area (Å²) in [6, 6.07) is 0. The van der Waals surface area contributed by atoms with Crippen LogP contribution in [-0.2, 0) is 0 Å². The number of anilines is 2. The summed E-state index contributed by atoms with van der Waals surface area (Å²) in [5, 5.41) is 8.66. The van der Waals surface area contributed by atoms with Crippen molar-refractivity contribution >= 4 is 40.4 Å². The molecule has 1 rings (SSSR count). The second-order valence-electron chi connectivity index (χ2n) is 2.06. The van der Waals surface area contributed by atoms with E-state index >= 15 is 0 Å². The van der Waals surface area contributed by atoms with Gasteiger partial charge >= 0.3 is 5.97 Å². The highest BCUT2D eigenvalue weighted by Crippen LogP contribution is 2.39. The van der Waals surface area contributed by atoms with Gasteiger partial charge in [-0.15, -0.1) is 23.1 Å². The van der Waals surface area contributed by atoms with Crippen LogP contribution in [0, 0.1) is 0 Å². The Balaban J connectivity index is 3.25. The van der Waals surface area contributed by atoms with Gasteiger partial charge in [0.1, 0.15) is 4.88 Å². The minimum absolute atomic E-state index is 0.122. The van der Waals surface area contributed by atoms with Crippen LogP contribution in [0.4, 0.5) is 11.4 Å². The number of hydrogen-bond acceptors (Lipinski definition) is 5. The van der Waals surface area contributed by atoms with E-state index in [2.05, 4.69) is 0 Å². The van der Waals surface area contributed by atoms with Crippen LogP contribution in [-0.4, -0.2) is 17.3 Å². The number of aromatic carboxylic acids is 1. The standard InChI is InChI=1S/C6H8N2O2S2/c1-11-6-3(8)2(7)4(12-6)5(9)10/h7-8H2,1H3,(H,9,10). The molecule has 1 heterocycles. The molecule has 4 nitrogen and oxygen atoms in total. The van der Waals surface area contributed by atoms with E-state index in [0.717, 1.165) is 15.5 Å². The number of rotatable bonds is 2. The van der Waals surface area contributed by atoms with Crippen molar-refractivity contribution in [2.24, 2.45) is 0 Å². The Hall–Kier alpha value is -0.880. The third-order valence-corrected chi connectivity index (χ3v) is 3.67. The second kappa shape index (κ2) is 3.24. The van der Waals surface area contributed by atoms with Crippen LogP contribution in [0.3, 0.4) is 0 Å². The van der Waals surface area contributed by atoms with Gasteiger partial charge < -0.3 is 16.6 Å². The minimum Gasteiger partial charge on any atom is -0.477 e. The van der Waals surface area contributed by atoms with Crippen LogP contribution >= 0.6 is 23.1 Å². The summed E-state index contributed by atoms with van der Waals surface area (Å²) in [4.78, 5) is 10.7. The number of nitrogen functional groups attached to an aromatic ring is 2. The number of carbonyl (C=O) groups is 1. The average Bonchev–Trinajstić information content (AvgIpc) is 2.30. The Morgan fingerprint density at radius 2 is 2.08 bits per heavy atom. The Labute approximate surface area is 77.6 Å². The number of thiophene rings is 1. The Morgan fingerprint density at radius 1 is 1.50 bits per heavy atom. The lowest BCUT2D eigenvalue weighted by Gasteiger charge is -1.92. The molecule has 0 aromatic carbocycles. The van der Waals surface area contributed by atoms with E-state index in [9.17, 15) is 4.79 Å². The van der Waals surface area contributed by atoms with Crippen molar-refractivity contribution in [3.63, 3.8) is 0 Å². The largest absolute Gasteiger partial charge is 0.477 e. The van der Waals surface area contributed by atoms with E-state index in [4.69, 9.17) is 16.6 Å². The SMILES string of the molecule is CSc1sc(C(=O)O)c(N)c1N. The van der Waals surface area contributed by atoms with Crippen LogP contribution < -0.4 is 11.5 Å². The van der Waals surface area contributed by atoms with Crippen LogP contribution in [0.15, 0.2) is 4.21 Å². The first-order valence-electron chi connectivity index (χ1n) is 3.03. The van der Waals surface area contributed by atoms with E-state index in [-0.39, 0.29) is 10.6 Å². The van der Waals surface area contributed by atoms with Crippen molar-refractivity contribution in [3.05, 3.63) is 4.88 Å². The summed E-state index contributed by atoms with van der Waals surface area (Å²) in [7, 11) is 0. The van der Waals surface area contributed by atoms with Crippen molar-refractivity contribution in [1.29, 1.82) is 0 Å². The molecule has 0 unspecified atom stereocenters. The van der Waals surface area contributed by atoms with Crippen molar-refractivity contribution in [3.8, 4) is 0 Å². The Morgan fingerprint density at radius 3 is 2.33 bits per heavy atom. The van der Waals surface area contributed by atoms with Gasteiger partial charge in [-0.3, -0.25) is 0 Å². The zero-order chi connectivity index (χ0) is 9.30. The Bertz CT molecular complexity index is 322. The fraction of sp³-hybridized carbons (Fsp3) is 0.167. The predicted octanol–water partition coefficient (Wildman–Crippen LogP) is 1.33. The summed E-state index contributed by atoms with van der Waals surface area (Å²) in [5.41, 5.74) is 11.6. The zero-order valence-corrected chi connectivity index (χ0v) is 7.96. The summed E-state index contributed by atoms with van der Waals surface area (Å²) in [6.07, 6.45) is 1.83. The van der Waals surface area contributed by atoms with E-state index < -0.39 is 5.97 Å². The molecule has 0 atom stereocenters. The average molecular weight is 204 g/mol. The van der Waals surface area contributed by atoms with Crippen molar-refractivity contribution < 1.29 is 9.90 Å². The number of nitrogens with two attached hydrogens (primary N) is 2. The molecule has 0 fully saturated rings. The highest BCUT2D eigenvalue weighted by atomic mass is 32.2. The van der Waals surface area contributed by atoms with Gasteiger partial charge in [-0.25, -0.2) is 4.79 Å². The lowest BCUT2D eigenvalue weighted by molar-refractivity contribution is 0.0703. The molecule has 0 radical (unpaired) electrons. The molecule has 0 amide bonds. The van der Waals surface area contributed by atoms with Gasteiger partial charge in [0.15, 0.2) is 0 Å². The molecule has 0 saturated heterocycles. The van der Waals surface area contributed by atoms with Gasteiger partial charge in [0, 0.05) is 0 Å². The van der Waals surface area contributed by atoms with E-state index in [1.165, 1.54) is 11.8 Å². The van der Waals surface area contributed by atoms with Gasteiger partial charge in [-0.1, -0.05) is 0 Å². The quantitative estimate of drug-likeness (QED) is 0.632. The Kier molecular flexibility index (Phi) is 2.49. The topological polar surface area (TPSA) is 89.3 Å². The maximum absolute atomic E-state index is 10.6. The van der Waals surface area contributed by atoms with Gasteiger partial charge in [0.25, 0.3) is 0 Å². The molecule has 0 aliphatic heterocycles. The van der Waals surface area contributed by atoms with Crippen molar-refractivity contribution in [2.75, 3.05) is 17.7 Å². The maximum atomic E-state index is 10.6. The molecule has 66 valence electrons. The molecule has 0 bridgehead atoms. The lowest BCUT2D eigenvalue weighted by atomic mass is 10.3. The molecular formula is C6H8N2O2S2. The van der Waals surface area contributed by atoms with E-state index in [1.807, 2.05) is 6.26 Å². The molecule has 1 aromatic heterocycles. The first-order valence-corrected chi connectivity index (χ1v) is 5.07. The van der Waals surface area contributed by atoms with E-state index in [1.54, 1.807) is 0 Å². The predicted molar refractivity (Wildman–Crippen MR) is 51.9 cm³/mol. The van der Waals surface area contributed by atoms with Gasteiger partial charge in [0.2, 0.25) is 0 Å². The summed E-state index contributed by atoms with van der Waals surface area (Å²) in [5.74, 6) is -1.02.